The zero-order valence-corrected chi connectivity index (χ0v) is 19.7. The summed E-state index contributed by atoms with van der Waals surface area (Å²) in [5.74, 6) is -6.45. The molecule has 4 aromatic rings. The van der Waals surface area contributed by atoms with Gasteiger partial charge >= 0.3 is 5.97 Å². The number of fused-ring (bicyclic) bond motifs is 6. The second-order valence-electron chi connectivity index (χ2n) is 9.16. The first-order valence-corrected chi connectivity index (χ1v) is 11.7. The first kappa shape index (κ1) is 23.1. The lowest BCUT2D eigenvalue weighted by Crippen LogP contribution is -2.47. The predicted octanol–water partition coefficient (Wildman–Crippen LogP) is 6.74. The van der Waals surface area contributed by atoms with Crippen LogP contribution in [0.2, 0.25) is 0 Å². The van der Waals surface area contributed by atoms with Crippen LogP contribution in [0.25, 0.3) is 11.1 Å². The van der Waals surface area contributed by atoms with Crippen molar-refractivity contribution in [2.24, 2.45) is 0 Å². The fraction of sp³-hybridized carbons (Fsp3) is 0.138. The van der Waals surface area contributed by atoms with Crippen molar-refractivity contribution in [2.45, 2.75) is 20.0 Å². The number of hydrogen-bond donors (Lipinski definition) is 0. The molecule has 0 aliphatic carbocycles. The Balaban J connectivity index is 1.40. The summed E-state index contributed by atoms with van der Waals surface area (Å²) in [5.41, 5.74) is 3.77. The molecule has 2 heterocycles. The summed E-state index contributed by atoms with van der Waals surface area (Å²) in [6.07, 6.45) is 0. The Morgan fingerprint density at radius 3 is 2.35 bits per heavy atom. The number of hydrogen-bond acceptors (Lipinski definition) is 4. The zero-order valence-electron chi connectivity index (χ0n) is 19.7. The molecule has 0 fully saturated rings. The van der Waals surface area contributed by atoms with E-state index in [4.69, 9.17) is 4.74 Å². The number of ether oxygens (including phenoxy) is 1. The van der Waals surface area contributed by atoms with Crippen molar-refractivity contribution in [3.63, 3.8) is 0 Å². The highest BCUT2D eigenvalue weighted by Crippen LogP contribution is 2.43. The maximum Gasteiger partial charge on any atom is 0.344 e. The van der Waals surface area contributed by atoms with Crippen LogP contribution in [0.5, 0.6) is 5.75 Å². The molecule has 0 amide bonds. The number of benzene rings is 4. The molecular weight excluding hydrogens is 484 g/mol. The Labute approximate surface area is 210 Å². The van der Waals surface area contributed by atoms with Crippen molar-refractivity contribution in [1.29, 1.82) is 0 Å². The normalized spacial score (nSPS) is 13.8. The van der Waals surface area contributed by atoms with Crippen molar-refractivity contribution in [1.82, 2.24) is 0 Å². The summed E-state index contributed by atoms with van der Waals surface area (Å²) in [5, 5.41) is 0. The Morgan fingerprint density at radius 1 is 0.811 bits per heavy atom. The Morgan fingerprint density at radius 2 is 1.57 bits per heavy atom. The van der Waals surface area contributed by atoms with E-state index in [9.17, 15) is 22.4 Å². The van der Waals surface area contributed by atoms with Gasteiger partial charge in [0, 0.05) is 24.3 Å². The van der Waals surface area contributed by atoms with Gasteiger partial charge in [0.15, 0.2) is 23.3 Å². The number of rotatable bonds is 3. The van der Waals surface area contributed by atoms with Crippen LogP contribution in [0.3, 0.4) is 0 Å². The molecule has 2 aliphatic rings. The predicted molar refractivity (Wildman–Crippen MR) is 132 cm³/mol. The number of esters is 1. The summed E-state index contributed by atoms with van der Waals surface area (Å²) >= 11 is 0. The van der Waals surface area contributed by atoms with E-state index in [0.717, 1.165) is 22.4 Å². The fourth-order valence-corrected chi connectivity index (χ4v) is 5.20. The van der Waals surface area contributed by atoms with E-state index in [1.165, 1.54) is 4.90 Å². The molecule has 0 spiro atoms. The molecular formula is C29H20F4N2O2. The topological polar surface area (TPSA) is 32.8 Å². The maximum atomic E-state index is 14.7. The lowest BCUT2D eigenvalue weighted by atomic mass is 9.92. The molecule has 8 heteroatoms. The second kappa shape index (κ2) is 8.65. The Kier molecular flexibility index (Phi) is 5.40. The number of carbonyl (C=O) groups is 1. The standard InChI is InChI=1S/C29H20F4N2O2/c1-16-6-5-9-20(29(36)37-19-7-3-2-4-8-19)23(16)17-10-11-22-18(12-17)13-35-15-34(22)14-21-24(30)25(31)26(32)27(33)28(21)35/h2-12H,13-15H2,1H3. The van der Waals surface area contributed by atoms with E-state index in [-0.39, 0.29) is 31.0 Å². The van der Waals surface area contributed by atoms with Crippen molar-refractivity contribution < 1.29 is 27.1 Å². The molecule has 4 aromatic carbocycles. The molecule has 37 heavy (non-hydrogen) atoms. The van der Waals surface area contributed by atoms with E-state index >= 15 is 0 Å². The van der Waals surface area contributed by atoms with E-state index in [2.05, 4.69) is 0 Å². The van der Waals surface area contributed by atoms with Crippen LogP contribution in [-0.2, 0) is 13.1 Å². The van der Waals surface area contributed by atoms with E-state index in [1.54, 1.807) is 41.3 Å². The van der Waals surface area contributed by atoms with Crippen molar-refractivity contribution in [3.8, 4) is 16.9 Å². The van der Waals surface area contributed by atoms with Gasteiger partial charge < -0.3 is 14.5 Å². The van der Waals surface area contributed by atoms with Crippen LogP contribution in [0.1, 0.15) is 27.0 Å². The first-order chi connectivity index (χ1) is 17.8. The molecule has 0 unspecified atom stereocenters. The fourth-order valence-electron chi connectivity index (χ4n) is 5.20. The molecule has 2 bridgehead atoms. The van der Waals surface area contributed by atoms with Gasteiger partial charge in [-0.25, -0.2) is 22.4 Å². The van der Waals surface area contributed by atoms with Gasteiger partial charge in [-0.05, 0) is 59.5 Å². The molecule has 0 saturated heterocycles. The minimum absolute atomic E-state index is 0.100. The highest BCUT2D eigenvalue weighted by molar-refractivity contribution is 5.99. The van der Waals surface area contributed by atoms with Gasteiger partial charge in [0.25, 0.3) is 0 Å². The van der Waals surface area contributed by atoms with Crippen LogP contribution in [-0.4, -0.2) is 12.6 Å². The molecule has 186 valence electrons. The number of carbonyl (C=O) groups excluding carboxylic acids is 1. The summed E-state index contributed by atoms with van der Waals surface area (Å²) < 4.78 is 62.8. The van der Waals surface area contributed by atoms with Crippen LogP contribution in [0, 0.1) is 30.2 Å². The lowest BCUT2D eigenvalue weighted by molar-refractivity contribution is 0.0735. The van der Waals surface area contributed by atoms with Crippen LogP contribution in [0.4, 0.5) is 28.9 Å². The van der Waals surface area contributed by atoms with Gasteiger partial charge in [0.05, 0.1) is 17.9 Å². The Hall–Kier alpha value is -4.33. The highest BCUT2D eigenvalue weighted by Gasteiger charge is 2.37. The third-order valence-corrected chi connectivity index (χ3v) is 6.86. The van der Waals surface area contributed by atoms with E-state index in [1.807, 2.05) is 37.3 Å². The summed E-state index contributed by atoms with van der Waals surface area (Å²) in [6.45, 7) is 2.16. The third kappa shape index (κ3) is 3.71. The number of halogens is 4. The smallest absolute Gasteiger partial charge is 0.344 e. The Bertz CT molecular complexity index is 1570. The van der Waals surface area contributed by atoms with Gasteiger partial charge in [-0.2, -0.15) is 0 Å². The average molecular weight is 504 g/mol. The largest absolute Gasteiger partial charge is 0.423 e. The zero-order chi connectivity index (χ0) is 25.8. The minimum atomic E-state index is -1.81. The number of anilines is 2. The van der Waals surface area contributed by atoms with Crippen molar-refractivity contribution in [2.75, 3.05) is 16.5 Å². The number of nitrogens with zero attached hydrogens (tertiary/aromatic N) is 2. The summed E-state index contributed by atoms with van der Waals surface area (Å²) in [4.78, 5) is 16.4. The monoisotopic (exact) mass is 504 g/mol. The quantitative estimate of drug-likeness (QED) is 0.102. The molecule has 6 rings (SSSR count). The second-order valence-corrected chi connectivity index (χ2v) is 9.16. The first-order valence-electron chi connectivity index (χ1n) is 11.7. The summed E-state index contributed by atoms with van der Waals surface area (Å²) in [7, 11) is 0. The highest BCUT2D eigenvalue weighted by atomic mass is 19.2. The molecule has 4 nitrogen and oxygen atoms in total. The van der Waals surface area contributed by atoms with Crippen molar-refractivity contribution in [3.05, 3.63) is 112 Å². The molecule has 0 atom stereocenters. The summed E-state index contributed by atoms with van der Waals surface area (Å²) in [6, 6.07) is 19.7. The molecule has 0 saturated carbocycles. The van der Waals surface area contributed by atoms with Crippen LogP contribution in [0.15, 0.2) is 66.7 Å². The van der Waals surface area contributed by atoms with Gasteiger partial charge in [-0.15, -0.1) is 0 Å². The van der Waals surface area contributed by atoms with Gasteiger partial charge in [-0.3, -0.25) is 0 Å². The van der Waals surface area contributed by atoms with E-state index in [0.29, 0.717) is 16.9 Å². The third-order valence-electron chi connectivity index (χ3n) is 6.86. The SMILES string of the molecule is Cc1cccc(C(=O)Oc2ccccc2)c1-c1ccc2c(c1)CN1CN2Cc2c(F)c(F)c(F)c(F)c21. The minimum Gasteiger partial charge on any atom is -0.423 e. The molecule has 2 aliphatic heterocycles. The number of para-hydroxylation sites is 1. The van der Waals surface area contributed by atoms with Gasteiger partial charge in [-0.1, -0.05) is 36.4 Å². The lowest BCUT2D eigenvalue weighted by Gasteiger charge is -2.45. The molecule has 0 radical (unpaired) electrons. The van der Waals surface area contributed by atoms with Gasteiger partial charge in [0.1, 0.15) is 5.75 Å². The maximum absolute atomic E-state index is 14.7. The molecule has 0 aromatic heterocycles. The van der Waals surface area contributed by atoms with E-state index < -0.39 is 29.2 Å². The average Bonchev–Trinajstić information content (AvgIpc) is 2.90. The van der Waals surface area contributed by atoms with Crippen LogP contribution < -0.4 is 14.5 Å². The van der Waals surface area contributed by atoms with Crippen LogP contribution >= 0.6 is 0 Å². The number of aryl methyl sites for hydroxylation is 1. The van der Waals surface area contributed by atoms with Gasteiger partial charge in [0.2, 0.25) is 0 Å². The van der Waals surface area contributed by atoms with Crippen molar-refractivity contribution >= 4 is 17.3 Å². The molecule has 0 N–H and O–H groups in total.